The van der Waals surface area contributed by atoms with Gasteiger partial charge in [0.05, 0.1) is 6.07 Å². The molecule has 0 radical (unpaired) electrons. The van der Waals surface area contributed by atoms with Gasteiger partial charge in [-0.1, -0.05) is 81.5 Å². The first-order valence-electron chi connectivity index (χ1n) is 13.6. The van der Waals surface area contributed by atoms with Gasteiger partial charge in [0.15, 0.2) is 0 Å². The van der Waals surface area contributed by atoms with Crippen LogP contribution < -0.4 is 0 Å². The lowest BCUT2D eigenvalue weighted by Gasteiger charge is -2.37. The Morgan fingerprint density at radius 2 is 1.38 bits per heavy atom. The number of nitrogens with zero attached hydrogens (tertiary/aromatic N) is 1. The van der Waals surface area contributed by atoms with E-state index in [4.69, 9.17) is 5.26 Å². The van der Waals surface area contributed by atoms with Gasteiger partial charge in [-0.05, 0) is 99.0 Å². The Bertz CT molecular complexity index is 719. The zero-order valence-corrected chi connectivity index (χ0v) is 20.5. The Balaban J connectivity index is 1.26. The van der Waals surface area contributed by atoms with Gasteiger partial charge in [0, 0.05) is 6.08 Å². The summed E-state index contributed by atoms with van der Waals surface area (Å²) in [5.41, 5.74) is 3.03. The van der Waals surface area contributed by atoms with Crippen LogP contribution in [0.5, 0.6) is 0 Å². The Hall–Kier alpha value is -1.81. The molecule has 0 amide bonds. The summed E-state index contributed by atoms with van der Waals surface area (Å²) in [7, 11) is 0. The summed E-state index contributed by atoms with van der Waals surface area (Å²) in [6.07, 6.45) is 28.6. The summed E-state index contributed by atoms with van der Waals surface area (Å²) in [5.74, 6) is 3.71. The van der Waals surface area contributed by atoms with Crippen molar-refractivity contribution in [3.63, 3.8) is 0 Å². The van der Waals surface area contributed by atoms with E-state index in [1.54, 1.807) is 6.08 Å². The van der Waals surface area contributed by atoms with Crippen LogP contribution in [0, 0.1) is 35.0 Å². The summed E-state index contributed by atoms with van der Waals surface area (Å²) in [4.78, 5) is 0. The van der Waals surface area contributed by atoms with Crippen molar-refractivity contribution in [3.05, 3.63) is 59.7 Å². The first kappa shape index (κ1) is 24.8. The maximum absolute atomic E-state index is 8.57. The topological polar surface area (TPSA) is 23.8 Å². The van der Waals surface area contributed by atoms with Crippen LogP contribution in [0.15, 0.2) is 48.6 Å². The maximum atomic E-state index is 8.57. The van der Waals surface area contributed by atoms with E-state index in [-0.39, 0.29) is 0 Å². The van der Waals surface area contributed by atoms with Crippen LogP contribution in [-0.2, 0) is 12.8 Å². The van der Waals surface area contributed by atoms with E-state index in [1.165, 1.54) is 107 Å². The molecule has 0 aliphatic heterocycles. The molecule has 0 heterocycles. The second-order valence-electron chi connectivity index (χ2n) is 10.5. The molecule has 1 aromatic carbocycles. The molecule has 2 aliphatic carbocycles. The number of hydrogen-bond acceptors (Lipinski definition) is 1. The van der Waals surface area contributed by atoms with Gasteiger partial charge in [0.1, 0.15) is 0 Å². The van der Waals surface area contributed by atoms with Crippen LogP contribution in [0.1, 0.15) is 102 Å². The molecule has 0 aromatic heterocycles. The van der Waals surface area contributed by atoms with Crippen molar-refractivity contribution in [2.75, 3.05) is 0 Å². The lowest BCUT2D eigenvalue weighted by atomic mass is 9.68. The molecule has 0 bridgehead atoms. The fraction of sp³-hybridized carbons (Fsp3) is 0.645. The highest BCUT2D eigenvalue weighted by Crippen LogP contribution is 2.42. The van der Waals surface area contributed by atoms with Gasteiger partial charge < -0.3 is 0 Å². The third-order valence-corrected chi connectivity index (χ3v) is 8.21. The number of hydrogen-bond donors (Lipinski definition) is 0. The third-order valence-electron chi connectivity index (χ3n) is 8.21. The fourth-order valence-corrected chi connectivity index (χ4v) is 6.09. The van der Waals surface area contributed by atoms with Gasteiger partial charge >= 0.3 is 0 Å². The van der Waals surface area contributed by atoms with E-state index in [1.807, 2.05) is 6.08 Å². The standard InChI is InChI=1S/C31H45N/c1-2-3-9-26-13-15-27(16-14-26)11-6-7-12-29-19-23-31(24-20-29)30-21-17-28(18-22-30)10-5-4-8-25-32/h4-5,8,10,13-16,28-31H,2-3,6-7,9,11-12,17-24H2,1H3/b8-4+,10-5+/t28?,29-,30?,31-. The molecule has 174 valence electrons. The molecule has 2 fully saturated rings. The second kappa shape index (κ2) is 14.4. The highest BCUT2D eigenvalue weighted by atomic mass is 14.4. The molecule has 3 rings (SSSR count). The minimum absolute atomic E-state index is 0.735. The van der Waals surface area contributed by atoms with Gasteiger partial charge in [0.25, 0.3) is 0 Å². The Labute approximate surface area is 198 Å². The SMILES string of the molecule is CCCCc1ccc(CCCC[C@H]2CC[C@H](C3CCC(/C=C/C=C/C#N)CC3)CC2)cc1. The molecule has 1 aromatic rings. The summed E-state index contributed by atoms with van der Waals surface area (Å²) in [6.45, 7) is 2.27. The van der Waals surface area contributed by atoms with E-state index in [0.717, 1.165) is 23.7 Å². The molecule has 0 unspecified atom stereocenters. The summed E-state index contributed by atoms with van der Waals surface area (Å²) < 4.78 is 0. The highest BCUT2D eigenvalue weighted by molar-refractivity contribution is 5.22. The normalized spacial score (nSPS) is 26.5. The Kier molecular flexibility index (Phi) is 11.1. The lowest BCUT2D eigenvalue weighted by molar-refractivity contribution is 0.151. The number of rotatable bonds is 11. The molecule has 0 saturated heterocycles. The van der Waals surface area contributed by atoms with E-state index in [9.17, 15) is 0 Å². The largest absolute Gasteiger partial charge is 0.193 e. The summed E-state index contributed by atoms with van der Waals surface area (Å²) >= 11 is 0. The van der Waals surface area contributed by atoms with Gasteiger partial charge in [-0.2, -0.15) is 5.26 Å². The highest BCUT2D eigenvalue weighted by Gasteiger charge is 2.30. The fourth-order valence-electron chi connectivity index (χ4n) is 6.09. The quantitative estimate of drug-likeness (QED) is 0.195. The Morgan fingerprint density at radius 1 is 0.781 bits per heavy atom. The minimum Gasteiger partial charge on any atom is -0.193 e. The van der Waals surface area contributed by atoms with Gasteiger partial charge in [-0.25, -0.2) is 0 Å². The second-order valence-corrected chi connectivity index (χ2v) is 10.5. The molecule has 1 nitrogen and oxygen atoms in total. The first-order chi connectivity index (χ1) is 15.8. The van der Waals surface area contributed by atoms with Crippen LogP contribution >= 0.6 is 0 Å². The molecule has 32 heavy (non-hydrogen) atoms. The zero-order chi connectivity index (χ0) is 22.4. The first-order valence-corrected chi connectivity index (χ1v) is 13.6. The van der Waals surface area contributed by atoms with E-state index in [2.05, 4.69) is 49.4 Å². The third kappa shape index (κ3) is 8.61. The smallest absolute Gasteiger partial charge is 0.0912 e. The van der Waals surface area contributed by atoms with Crippen LogP contribution in [-0.4, -0.2) is 0 Å². The number of allylic oxidation sites excluding steroid dienone is 4. The molecule has 0 spiro atoms. The number of unbranched alkanes of at least 4 members (excludes halogenated alkanes) is 2. The van der Waals surface area contributed by atoms with Crippen molar-refractivity contribution in [2.24, 2.45) is 23.7 Å². The van der Waals surface area contributed by atoms with Crippen LogP contribution in [0.2, 0.25) is 0 Å². The van der Waals surface area contributed by atoms with Crippen molar-refractivity contribution in [1.29, 1.82) is 5.26 Å². The van der Waals surface area contributed by atoms with Gasteiger partial charge in [-0.15, -0.1) is 0 Å². The van der Waals surface area contributed by atoms with Crippen molar-refractivity contribution >= 4 is 0 Å². The van der Waals surface area contributed by atoms with Crippen molar-refractivity contribution in [3.8, 4) is 6.07 Å². The molecule has 2 saturated carbocycles. The van der Waals surface area contributed by atoms with Gasteiger partial charge in [-0.3, -0.25) is 0 Å². The van der Waals surface area contributed by atoms with Crippen molar-refractivity contribution in [1.82, 2.24) is 0 Å². The van der Waals surface area contributed by atoms with E-state index >= 15 is 0 Å². The van der Waals surface area contributed by atoms with E-state index in [0.29, 0.717) is 0 Å². The van der Waals surface area contributed by atoms with Crippen LogP contribution in [0.3, 0.4) is 0 Å². The molecule has 0 N–H and O–H groups in total. The zero-order valence-electron chi connectivity index (χ0n) is 20.5. The van der Waals surface area contributed by atoms with Crippen LogP contribution in [0.25, 0.3) is 0 Å². The monoisotopic (exact) mass is 431 g/mol. The van der Waals surface area contributed by atoms with Crippen LogP contribution in [0.4, 0.5) is 0 Å². The number of nitriles is 1. The predicted octanol–water partition coefficient (Wildman–Crippen LogP) is 8.99. The summed E-state index contributed by atoms with van der Waals surface area (Å²) in [6, 6.07) is 11.5. The lowest BCUT2D eigenvalue weighted by Crippen LogP contribution is -2.25. The number of benzene rings is 1. The van der Waals surface area contributed by atoms with Crippen molar-refractivity contribution in [2.45, 2.75) is 103 Å². The number of aryl methyl sites for hydroxylation is 2. The average Bonchev–Trinajstić information content (AvgIpc) is 2.85. The molecule has 1 heteroatoms. The average molecular weight is 432 g/mol. The minimum atomic E-state index is 0.735. The molecule has 0 atom stereocenters. The maximum Gasteiger partial charge on any atom is 0.0912 e. The predicted molar refractivity (Wildman–Crippen MR) is 137 cm³/mol. The molecule has 2 aliphatic rings. The molecular formula is C31H45N. The van der Waals surface area contributed by atoms with Crippen molar-refractivity contribution < 1.29 is 0 Å². The Morgan fingerprint density at radius 3 is 1.97 bits per heavy atom. The van der Waals surface area contributed by atoms with Gasteiger partial charge in [0.2, 0.25) is 0 Å². The molecular weight excluding hydrogens is 386 g/mol. The summed E-state index contributed by atoms with van der Waals surface area (Å²) in [5, 5.41) is 8.57. The van der Waals surface area contributed by atoms with E-state index < -0.39 is 0 Å².